The van der Waals surface area contributed by atoms with Crippen LogP contribution in [0.5, 0.6) is 0 Å². The Morgan fingerprint density at radius 3 is 2.15 bits per heavy atom. The Labute approximate surface area is 273 Å². The van der Waals surface area contributed by atoms with E-state index in [2.05, 4.69) is 26.3 Å². The molecule has 4 rings (SSSR count). The number of amides is 4. The van der Waals surface area contributed by atoms with Gasteiger partial charge in [-0.25, -0.2) is 4.79 Å². The Balaban J connectivity index is 1.50. The van der Waals surface area contributed by atoms with Crippen molar-refractivity contribution in [3.8, 4) is 0 Å². The van der Waals surface area contributed by atoms with E-state index in [0.717, 1.165) is 27.6 Å². The van der Waals surface area contributed by atoms with Crippen LogP contribution in [0.4, 0.5) is 4.79 Å². The Kier molecular flexibility index (Phi) is 12.9. The van der Waals surface area contributed by atoms with Crippen LogP contribution < -0.4 is 21.3 Å². The van der Waals surface area contributed by atoms with E-state index in [1.54, 1.807) is 6.20 Å². The van der Waals surface area contributed by atoms with Crippen LogP contribution >= 0.6 is 0 Å². The minimum absolute atomic E-state index is 0.0246. The average molecular weight is 644 g/mol. The van der Waals surface area contributed by atoms with Gasteiger partial charge in [0.05, 0.1) is 12.6 Å². The van der Waals surface area contributed by atoms with Crippen molar-refractivity contribution < 1.29 is 33.8 Å². The number of aliphatic hydroxyl groups is 1. The van der Waals surface area contributed by atoms with Crippen molar-refractivity contribution in [3.05, 3.63) is 108 Å². The number of H-pyrrole nitrogens is 1. The summed E-state index contributed by atoms with van der Waals surface area (Å²) < 4.78 is 10.2. The van der Waals surface area contributed by atoms with E-state index in [9.17, 15) is 24.3 Å². The lowest BCUT2D eigenvalue weighted by Crippen LogP contribution is -2.58. The van der Waals surface area contributed by atoms with Crippen molar-refractivity contribution in [2.45, 2.75) is 50.6 Å². The summed E-state index contributed by atoms with van der Waals surface area (Å²) in [5, 5.41) is 22.6. The lowest BCUT2D eigenvalue weighted by atomic mass is 9.98. The minimum atomic E-state index is -1.60. The molecule has 0 spiro atoms. The van der Waals surface area contributed by atoms with Crippen LogP contribution in [0.3, 0.4) is 0 Å². The third-order valence-corrected chi connectivity index (χ3v) is 7.55. The van der Waals surface area contributed by atoms with E-state index in [0.29, 0.717) is 0 Å². The molecule has 6 N–H and O–H groups in total. The van der Waals surface area contributed by atoms with Gasteiger partial charge < -0.3 is 40.8 Å². The number of rotatable bonds is 16. The maximum Gasteiger partial charge on any atom is 0.408 e. The quantitative estimate of drug-likeness (QED) is 0.102. The normalized spacial score (nSPS) is 13.5. The predicted octanol–water partition coefficient (Wildman–Crippen LogP) is 2.36. The molecule has 1 heterocycles. The molecular weight excluding hydrogens is 602 g/mol. The number of benzene rings is 3. The summed E-state index contributed by atoms with van der Waals surface area (Å²) >= 11 is 0. The Bertz CT molecular complexity index is 1610. The van der Waals surface area contributed by atoms with Gasteiger partial charge >= 0.3 is 6.09 Å². The first-order valence-electron chi connectivity index (χ1n) is 15.4. The molecule has 0 saturated heterocycles. The van der Waals surface area contributed by atoms with Crippen LogP contribution in [0, 0.1) is 0 Å². The molecule has 4 atom stereocenters. The molecule has 12 nitrogen and oxygen atoms in total. The number of methoxy groups -OCH3 is 1. The number of carbonyl (C=O) groups is 4. The lowest BCUT2D eigenvalue weighted by Gasteiger charge is -2.27. The number of aromatic amines is 1. The summed E-state index contributed by atoms with van der Waals surface area (Å²) in [4.78, 5) is 55.7. The molecule has 248 valence electrons. The molecular formula is C35H41N5O7. The van der Waals surface area contributed by atoms with Gasteiger partial charge in [0.1, 0.15) is 18.7 Å². The molecule has 0 aliphatic carbocycles. The third kappa shape index (κ3) is 10.4. The standard InChI is InChI=1S/C35H41N5O7/c1-23(38-35(45)47-22-25-13-7-4-8-14-25)32(42)40-30(20-26-21-37-28-16-10-9-15-27(26)28)33(43)39-29(19-24-11-5-3-6-12-24)31(41)34(44)36-17-18-46-2/h3-16,21,23,29-31,37,41H,17-20,22H2,1-2H3,(H,36,44)(H,38,45)(H,39,43)(H,40,42)/t23-,29?,30-,31?/m0/s1. The van der Waals surface area contributed by atoms with Crippen LogP contribution in [0.2, 0.25) is 0 Å². The first-order chi connectivity index (χ1) is 22.7. The molecule has 12 heteroatoms. The highest BCUT2D eigenvalue weighted by molar-refractivity contribution is 5.93. The van der Waals surface area contributed by atoms with Crippen molar-refractivity contribution >= 4 is 34.7 Å². The number of hydrogen-bond acceptors (Lipinski definition) is 7. The number of alkyl carbamates (subject to hydrolysis) is 1. The van der Waals surface area contributed by atoms with Crippen LogP contribution in [0.15, 0.2) is 91.1 Å². The summed E-state index contributed by atoms with van der Waals surface area (Å²) in [6.07, 6.45) is -0.398. The first kappa shape index (κ1) is 34.7. The lowest BCUT2D eigenvalue weighted by molar-refractivity contribution is -0.134. The van der Waals surface area contributed by atoms with Crippen molar-refractivity contribution in [2.75, 3.05) is 20.3 Å². The number of ether oxygens (including phenoxy) is 2. The van der Waals surface area contributed by atoms with Gasteiger partial charge in [-0.2, -0.15) is 0 Å². The van der Waals surface area contributed by atoms with E-state index in [-0.39, 0.29) is 32.6 Å². The summed E-state index contributed by atoms with van der Waals surface area (Å²) in [5.41, 5.74) is 3.19. The van der Waals surface area contributed by atoms with E-state index >= 15 is 0 Å². The van der Waals surface area contributed by atoms with Crippen molar-refractivity contribution in [1.29, 1.82) is 0 Å². The van der Waals surface area contributed by atoms with E-state index in [1.165, 1.54) is 14.0 Å². The van der Waals surface area contributed by atoms with E-state index < -0.39 is 48.0 Å². The minimum Gasteiger partial charge on any atom is -0.445 e. The van der Waals surface area contributed by atoms with Crippen LogP contribution in [0.25, 0.3) is 10.9 Å². The first-order valence-corrected chi connectivity index (χ1v) is 15.4. The maximum atomic E-state index is 13.9. The molecule has 0 bridgehead atoms. The number of aromatic nitrogens is 1. The van der Waals surface area contributed by atoms with Gasteiger partial charge in [-0.05, 0) is 36.1 Å². The SMILES string of the molecule is COCCNC(=O)C(O)C(Cc1ccccc1)NC(=O)[C@H](Cc1c[nH]c2ccccc12)NC(=O)[C@H](C)NC(=O)OCc1ccccc1. The van der Waals surface area contributed by atoms with Gasteiger partial charge in [0, 0.05) is 37.2 Å². The van der Waals surface area contributed by atoms with Crippen molar-refractivity contribution in [1.82, 2.24) is 26.3 Å². The van der Waals surface area contributed by atoms with Gasteiger partial charge in [0.25, 0.3) is 5.91 Å². The Morgan fingerprint density at radius 1 is 0.787 bits per heavy atom. The van der Waals surface area contributed by atoms with Crippen LogP contribution in [0.1, 0.15) is 23.6 Å². The second kappa shape index (κ2) is 17.5. The highest BCUT2D eigenvalue weighted by Gasteiger charge is 2.32. The number of fused-ring (bicyclic) bond motifs is 1. The van der Waals surface area contributed by atoms with Crippen LogP contribution in [-0.4, -0.2) is 78.4 Å². The molecule has 4 amide bonds. The zero-order valence-electron chi connectivity index (χ0n) is 26.4. The summed E-state index contributed by atoms with van der Waals surface area (Å²) in [6, 6.07) is 22.6. The van der Waals surface area contributed by atoms with Gasteiger partial charge in [0.2, 0.25) is 11.8 Å². The molecule has 0 aliphatic rings. The monoisotopic (exact) mass is 643 g/mol. The van der Waals surface area contributed by atoms with Gasteiger partial charge in [0.15, 0.2) is 6.10 Å². The van der Waals surface area contributed by atoms with Gasteiger partial charge in [-0.1, -0.05) is 78.9 Å². The Morgan fingerprint density at radius 2 is 1.45 bits per heavy atom. The maximum absolute atomic E-state index is 13.9. The molecule has 0 radical (unpaired) electrons. The van der Waals surface area contributed by atoms with Crippen LogP contribution in [-0.2, 0) is 43.3 Å². The van der Waals surface area contributed by atoms with E-state index in [1.807, 2.05) is 84.9 Å². The summed E-state index contributed by atoms with van der Waals surface area (Å²) in [5.74, 6) is -1.92. The molecule has 3 aromatic carbocycles. The van der Waals surface area contributed by atoms with Gasteiger partial charge in [-0.3, -0.25) is 14.4 Å². The van der Waals surface area contributed by atoms with Crippen molar-refractivity contribution in [3.63, 3.8) is 0 Å². The number of nitrogens with one attached hydrogen (secondary N) is 5. The number of aliphatic hydroxyl groups excluding tert-OH is 1. The number of para-hydroxylation sites is 1. The highest BCUT2D eigenvalue weighted by atomic mass is 16.5. The molecule has 0 aliphatic heterocycles. The Hall–Kier alpha value is -5.20. The fourth-order valence-corrected chi connectivity index (χ4v) is 4.99. The predicted molar refractivity (Wildman–Crippen MR) is 176 cm³/mol. The number of carbonyl (C=O) groups excluding carboxylic acids is 4. The second-order valence-corrected chi connectivity index (χ2v) is 11.1. The molecule has 0 fully saturated rings. The fraction of sp³-hybridized carbons (Fsp3) is 0.314. The average Bonchev–Trinajstić information content (AvgIpc) is 3.49. The molecule has 1 aromatic heterocycles. The molecule has 2 unspecified atom stereocenters. The fourth-order valence-electron chi connectivity index (χ4n) is 4.99. The molecule has 0 saturated carbocycles. The zero-order valence-corrected chi connectivity index (χ0v) is 26.4. The van der Waals surface area contributed by atoms with E-state index in [4.69, 9.17) is 9.47 Å². The zero-order chi connectivity index (χ0) is 33.6. The topological polar surface area (TPSA) is 171 Å². The summed E-state index contributed by atoms with van der Waals surface area (Å²) in [7, 11) is 1.49. The second-order valence-electron chi connectivity index (χ2n) is 11.1. The van der Waals surface area contributed by atoms with Crippen molar-refractivity contribution in [2.24, 2.45) is 0 Å². The molecule has 4 aromatic rings. The largest absolute Gasteiger partial charge is 0.445 e. The van der Waals surface area contributed by atoms with Gasteiger partial charge in [-0.15, -0.1) is 0 Å². The highest BCUT2D eigenvalue weighted by Crippen LogP contribution is 2.19. The number of hydrogen-bond donors (Lipinski definition) is 6. The summed E-state index contributed by atoms with van der Waals surface area (Å²) in [6.45, 7) is 1.93. The molecule has 47 heavy (non-hydrogen) atoms. The third-order valence-electron chi connectivity index (χ3n) is 7.55. The smallest absolute Gasteiger partial charge is 0.408 e.